The number of ether oxygens (including phenoxy) is 1. The van der Waals surface area contributed by atoms with Crippen LogP contribution in [-0.2, 0) is 22.7 Å². The molecule has 1 amide bonds. The summed E-state index contributed by atoms with van der Waals surface area (Å²) in [5.41, 5.74) is 1.84. The van der Waals surface area contributed by atoms with Crippen molar-refractivity contribution in [1.82, 2.24) is 10.6 Å². The number of piperidine rings is 1. The number of nitrogens with one attached hydrogen (secondary N) is 2. The normalized spacial score (nSPS) is 22.0. The first kappa shape index (κ1) is 16.0. The molecule has 4 heteroatoms. The lowest BCUT2D eigenvalue weighted by Crippen LogP contribution is -2.56. The number of rotatable bonds is 6. The van der Waals surface area contributed by atoms with Crippen LogP contribution in [0.4, 0.5) is 0 Å². The first-order chi connectivity index (χ1) is 10.2. The van der Waals surface area contributed by atoms with Gasteiger partial charge >= 0.3 is 0 Å². The Morgan fingerprint density at radius 2 is 2.10 bits per heavy atom. The molecule has 1 aromatic carbocycles. The average Bonchev–Trinajstić information content (AvgIpc) is 2.52. The third kappa shape index (κ3) is 4.29. The molecule has 2 rings (SSSR count). The van der Waals surface area contributed by atoms with Crippen LogP contribution in [0.3, 0.4) is 0 Å². The van der Waals surface area contributed by atoms with Gasteiger partial charge in [-0.2, -0.15) is 0 Å². The minimum atomic E-state index is -0.423. The van der Waals surface area contributed by atoms with Gasteiger partial charge in [0.1, 0.15) is 0 Å². The standard InChI is InChI=1S/C17H26N2O2/c1-3-21-13-15-9-5-4-8-14(15)12-18-16(20)17(2)10-6-7-11-19-17/h4-5,8-9,19H,3,6-7,10-13H2,1-2H3,(H,18,20). The van der Waals surface area contributed by atoms with Crippen LogP contribution in [0.25, 0.3) is 0 Å². The molecule has 1 aliphatic rings. The van der Waals surface area contributed by atoms with E-state index < -0.39 is 5.54 Å². The molecule has 21 heavy (non-hydrogen) atoms. The predicted octanol–water partition coefficient (Wildman–Crippen LogP) is 2.37. The van der Waals surface area contributed by atoms with E-state index in [0.717, 1.165) is 36.9 Å². The van der Waals surface area contributed by atoms with Gasteiger partial charge in [-0.25, -0.2) is 0 Å². The summed E-state index contributed by atoms with van der Waals surface area (Å²) < 4.78 is 5.48. The molecule has 1 aliphatic heterocycles. The molecule has 1 saturated heterocycles. The fourth-order valence-corrected chi connectivity index (χ4v) is 2.70. The molecule has 1 heterocycles. The molecule has 1 fully saturated rings. The number of amides is 1. The van der Waals surface area contributed by atoms with Crippen molar-refractivity contribution in [1.29, 1.82) is 0 Å². The summed E-state index contributed by atoms with van der Waals surface area (Å²) >= 11 is 0. The number of hydrogen-bond acceptors (Lipinski definition) is 3. The van der Waals surface area contributed by atoms with Crippen LogP contribution in [0.15, 0.2) is 24.3 Å². The van der Waals surface area contributed by atoms with Gasteiger partial charge in [0.25, 0.3) is 0 Å². The highest BCUT2D eigenvalue weighted by Gasteiger charge is 2.33. The fraction of sp³-hybridized carbons (Fsp3) is 0.588. The molecule has 2 N–H and O–H groups in total. The van der Waals surface area contributed by atoms with Crippen molar-refractivity contribution in [3.05, 3.63) is 35.4 Å². The van der Waals surface area contributed by atoms with Crippen molar-refractivity contribution >= 4 is 5.91 Å². The topological polar surface area (TPSA) is 50.4 Å². The molecular formula is C17H26N2O2. The second-order valence-electron chi connectivity index (χ2n) is 5.80. The Labute approximate surface area is 127 Å². The predicted molar refractivity (Wildman–Crippen MR) is 83.9 cm³/mol. The third-order valence-electron chi connectivity index (χ3n) is 4.14. The van der Waals surface area contributed by atoms with Crippen LogP contribution in [0.2, 0.25) is 0 Å². The fourth-order valence-electron chi connectivity index (χ4n) is 2.70. The van der Waals surface area contributed by atoms with E-state index in [1.807, 2.05) is 32.0 Å². The Kier molecular flexibility index (Phi) is 5.76. The summed E-state index contributed by atoms with van der Waals surface area (Å²) in [5, 5.41) is 6.41. The van der Waals surface area contributed by atoms with Crippen molar-refractivity contribution in [2.24, 2.45) is 0 Å². The molecule has 0 aromatic heterocycles. The van der Waals surface area contributed by atoms with E-state index in [1.165, 1.54) is 0 Å². The zero-order chi connectivity index (χ0) is 15.1. The maximum absolute atomic E-state index is 12.4. The highest BCUT2D eigenvalue weighted by Crippen LogP contribution is 2.19. The van der Waals surface area contributed by atoms with Crippen LogP contribution >= 0.6 is 0 Å². The first-order valence-corrected chi connectivity index (χ1v) is 7.83. The van der Waals surface area contributed by atoms with E-state index >= 15 is 0 Å². The highest BCUT2D eigenvalue weighted by molar-refractivity contribution is 5.85. The van der Waals surface area contributed by atoms with Crippen LogP contribution in [-0.4, -0.2) is 24.6 Å². The van der Waals surface area contributed by atoms with Crippen LogP contribution < -0.4 is 10.6 Å². The van der Waals surface area contributed by atoms with Gasteiger partial charge in [-0.05, 0) is 50.8 Å². The molecule has 0 aliphatic carbocycles. The molecule has 0 spiro atoms. The van der Waals surface area contributed by atoms with E-state index in [9.17, 15) is 4.79 Å². The van der Waals surface area contributed by atoms with Gasteiger partial charge in [-0.1, -0.05) is 24.3 Å². The summed E-state index contributed by atoms with van der Waals surface area (Å²) in [7, 11) is 0. The Balaban J connectivity index is 1.94. The summed E-state index contributed by atoms with van der Waals surface area (Å²) in [6.45, 7) is 6.75. The minimum absolute atomic E-state index is 0.0911. The van der Waals surface area contributed by atoms with E-state index in [0.29, 0.717) is 19.8 Å². The molecule has 0 radical (unpaired) electrons. The lowest BCUT2D eigenvalue weighted by atomic mass is 9.90. The number of carbonyl (C=O) groups excluding carboxylic acids is 1. The van der Waals surface area contributed by atoms with Gasteiger partial charge in [0.15, 0.2) is 0 Å². The quantitative estimate of drug-likeness (QED) is 0.845. The maximum atomic E-state index is 12.4. The minimum Gasteiger partial charge on any atom is -0.377 e. The molecule has 116 valence electrons. The zero-order valence-electron chi connectivity index (χ0n) is 13.1. The number of benzene rings is 1. The van der Waals surface area contributed by atoms with Gasteiger partial charge in [-0.15, -0.1) is 0 Å². The monoisotopic (exact) mass is 290 g/mol. The number of hydrogen-bond donors (Lipinski definition) is 2. The third-order valence-corrected chi connectivity index (χ3v) is 4.14. The largest absolute Gasteiger partial charge is 0.377 e. The van der Waals surface area contributed by atoms with Gasteiger partial charge in [0.2, 0.25) is 5.91 Å². The Hall–Kier alpha value is -1.39. The van der Waals surface area contributed by atoms with Crippen molar-refractivity contribution < 1.29 is 9.53 Å². The smallest absolute Gasteiger partial charge is 0.240 e. The van der Waals surface area contributed by atoms with Crippen molar-refractivity contribution in [3.8, 4) is 0 Å². The van der Waals surface area contributed by atoms with Crippen LogP contribution in [0.5, 0.6) is 0 Å². The van der Waals surface area contributed by atoms with E-state index in [4.69, 9.17) is 4.74 Å². The Morgan fingerprint density at radius 1 is 1.33 bits per heavy atom. The maximum Gasteiger partial charge on any atom is 0.240 e. The second kappa shape index (κ2) is 7.57. The van der Waals surface area contributed by atoms with Gasteiger partial charge in [-0.3, -0.25) is 4.79 Å². The van der Waals surface area contributed by atoms with Crippen LogP contribution in [0, 0.1) is 0 Å². The van der Waals surface area contributed by atoms with Crippen molar-refractivity contribution in [2.45, 2.75) is 51.8 Å². The van der Waals surface area contributed by atoms with E-state index in [1.54, 1.807) is 0 Å². The van der Waals surface area contributed by atoms with E-state index in [2.05, 4.69) is 16.7 Å². The molecule has 4 nitrogen and oxygen atoms in total. The molecule has 1 aromatic rings. The average molecular weight is 290 g/mol. The summed E-state index contributed by atoms with van der Waals surface area (Å²) in [6.07, 6.45) is 3.16. The van der Waals surface area contributed by atoms with Gasteiger partial charge in [0, 0.05) is 13.2 Å². The van der Waals surface area contributed by atoms with Gasteiger partial charge < -0.3 is 15.4 Å². The summed E-state index contributed by atoms with van der Waals surface area (Å²) in [4.78, 5) is 12.4. The highest BCUT2D eigenvalue weighted by atomic mass is 16.5. The number of carbonyl (C=O) groups is 1. The van der Waals surface area contributed by atoms with Crippen molar-refractivity contribution in [2.75, 3.05) is 13.2 Å². The molecule has 0 saturated carbocycles. The van der Waals surface area contributed by atoms with Gasteiger partial charge in [0.05, 0.1) is 12.1 Å². The summed E-state index contributed by atoms with van der Waals surface area (Å²) in [6, 6.07) is 8.10. The summed E-state index contributed by atoms with van der Waals surface area (Å²) in [5.74, 6) is 0.0911. The molecule has 1 atom stereocenters. The zero-order valence-corrected chi connectivity index (χ0v) is 13.1. The first-order valence-electron chi connectivity index (χ1n) is 7.83. The van der Waals surface area contributed by atoms with E-state index in [-0.39, 0.29) is 5.91 Å². The van der Waals surface area contributed by atoms with Crippen molar-refractivity contribution in [3.63, 3.8) is 0 Å². The second-order valence-corrected chi connectivity index (χ2v) is 5.80. The SMILES string of the molecule is CCOCc1ccccc1CNC(=O)C1(C)CCCCN1. The molecule has 1 unspecified atom stereocenters. The molecule has 0 bridgehead atoms. The lowest BCUT2D eigenvalue weighted by Gasteiger charge is -2.33. The Morgan fingerprint density at radius 3 is 2.76 bits per heavy atom. The Bertz CT molecular complexity index is 468. The molecular weight excluding hydrogens is 264 g/mol. The lowest BCUT2D eigenvalue weighted by molar-refractivity contribution is -0.128. The van der Waals surface area contributed by atoms with Crippen LogP contribution in [0.1, 0.15) is 44.2 Å².